The summed E-state index contributed by atoms with van der Waals surface area (Å²) in [6, 6.07) is 13.3. The van der Waals surface area contributed by atoms with Crippen molar-refractivity contribution in [1.82, 2.24) is 9.97 Å². The van der Waals surface area contributed by atoms with Gasteiger partial charge in [0.05, 0.1) is 10.3 Å². The molecule has 0 aliphatic carbocycles. The van der Waals surface area contributed by atoms with E-state index in [1.54, 1.807) is 17.4 Å². The molecule has 0 saturated carbocycles. The van der Waals surface area contributed by atoms with E-state index in [1.807, 2.05) is 6.92 Å². The summed E-state index contributed by atoms with van der Waals surface area (Å²) in [5.74, 6) is 1.11. The largest absolute Gasteiger partial charge is 0.339 e. The van der Waals surface area contributed by atoms with Gasteiger partial charge in [-0.15, -0.1) is 11.3 Å². The monoisotopic (exact) mass is 404 g/mol. The van der Waals surface area contributed by atoms with Crippen molar-refractivity contribution in [1.29, 1.82) is 0 Å². The molecule has 146 valence electrons. The van der Waals surface area contributed by atoms with Crippen molar-refractivity contribution >= 4 is 38.7 Å². The van der Waals surface area contributed by atoms with E-state index in [-0.39, 0.29) is 5.69 Å². The number of aryl methyl sites for hydroxylation is 1. The molecule has 6 nitrogen and oxygen atoms in total. The quantitative estimate of drug-likeness (QED) is 0.306. The van der Waals surface area contributed by atoms with Gasteiger partial charge in [0.2, 0.25) is 0 Å². The summed E-state index contributed by atoms with van der Waals surface area (Å²) in [7, 11) is 0. The fraction of sp³-hybridized carbons (Fsp3) is 0.182. The van der Waals surface area contributed by atoms with Crippen molar-refractivity contribution in [3.8, 4) is 11.1 Å². The predicted molar refractivity (Wildman–Crippen MR) is 118 cm³/mol. The molecule has 4 aromatic rings. The minimum absolute atomic E-state index is 0.0400. The number of thiophene rings is 1. The third kappa shape index (κ3) is 3.69. The molecule has 0 fully saturated rings. The molecule has 0 bridgehead atoms. The summed E-state index contributed by atoms with van der Waals surface area (Å²) >= 11 is 1.56. The molecule has 0 aliphatic heterocycles. The maximum atomic E-state index is 11.2. The lowest BCUT2D eigenvalue weighted by atomic mass is 9.99. The summed E-state index contributed by atoms with van der Waals surface area (Å²) in [6.07, 6.45) is 1.51. The number of aromatic nitrogens is 2. The molecule has 0 saturated heterocycles. The van der Waals surface area contributed by atoms with Crippen LogP contribution in [0.2, 0.25) is 0 Å². The van der Waals surface area contributed by atoms with Crippen LogP contribution >= 0.6 is 11.3 Å². The maximum Gasteiger partial charge on any atom is 0.271 e. The zero-order chi connectivity index (χ0) is 20.5. The molecule has 29 heavy (non-hydrogen) atoms. The summed E-state index contributed by atoms with van der Waals surface area (Å²) in [4.78, 5) is 20.5. The molecule has 0 atom stereocenters. The average molecular weight is 404 g/mol. The molecule has 1 N–H and O–H groups in total. The van der Waals surface area contributed by atoms with Crippen molar-refractivity contribution in [3.63, 3.8) is 0 Å². The van der Waals surface area contributed by atoms with E-state index in [0.29, 0.717) is 17.4 Å². The molecule has 2 heterocycles. The number of benzene rings is 2. The van der Waals surface area contributed by atoms with E-state index in [1.165, 1.54) is 24.0 Å². The molecule has 2 aromatic heterocycles. The van der Waals surface area contributed by atoms with Gasteiger partial charge in [-0.3, -0.25) is 10.1 Å². The van der Waals surface area contributed by atoms with Gasteiger partial charge in [0, 0.05) is 28.8 Å². The third-order valence-corrected chi connectivity index (χ3v) is 5.83. The number of fused-ring (bicyclic) bond motifs is 1. The Morgan fingerprint density at radius 1 is 1.10 bits per heavy atom. The van der Waals surface area contributed by atoms with Crippen molar-refractivity contribution in [3.05, 3.63) is 75.4 Å². The van der Waals surface area contributed by atoms with Crippen LogP contribution in [0.5, 0.6) is 0 Å². The highest BCUT2D eigenvalue weighted by Gasteiger charge is 2.16. The number of non-ortho nitro benzene ring substituents is 1. The van der Waals surface area contributed by atoms with Crippen LogP contribution in [0, 0.1) is 17.0 Å². The van der Waals surface area contributed by atoms with Crippen LogP contribution in [-0.2, 0) is 0 Å². The summed E-state index contributed by atoms with van der Waals surface area (Å²) < 4.78 is 0. The SMILES string of the molecule is Cc1ccc([N+](=O)[O-])cc1Nc1ncnc2scc(-c3ccc(C(C)C)cc3)c12. The Bertz CT molecular complexity index is 1200. The topological polar surface area (TPSA) is 81.0 Å². The highest BCUT2D eigenvalue weighted by atomic mass is 32.1. The second-order valence-electron chi connectivity index (χ2n) is 7.21. The molecule has 7 heteroatoms. The molecule has 4 rings (SSSR count). The second-order valence-corrected chi connectivity index (χ2v) is 8.07. The van der Waals surface area contributed by atoms with Crippen molar-refractivity contribution in [2.24, 2.45) is 0 Å². The molecule has 2 aromatic carbocycles. The lowest BCUT2D eigenvalue weighted by Gasteiger charge is -2.11. The van der Waals surface area contributed by atoms with Gasteiger partial charge in [0.15, 0.2) is 0 Å². The van der Waals surface area contributed by atoms with Crippen molar-refractivity contribution in [2.45, 2.75) is 26.7 Å². The smallest absolute Gasteiger partial charge is 0.271 e. The Morgan fingerprint density at radius 2 is 1.86 bits per heavy atom. The van der Waals surface area contributed by atoms with Gasteiger partial charge in [-0.25, -0.2) is 9.97 Å². The molecule has 0 amide bonds. The number of nitrogens with one attached hydrogen (secondary N) is 1. The van der Waals surface area contributed by atoms with Gasteiger partial charge < -0.3 is 5.32 Å². The first-order valence-corrected chi connectivity index (χ1v) is 10.2. The van der Waals surface area contributed by atoms with Gasteiger partial charge in [-0.1, -0.05) is 44.2 Å². The van der Waals surface area contributed by atoms with Crippen LogP contribution < -0.4 is 5.32 Å². The number of nitrogens with zero attached hydrogens (tertiary/aromatic N) is 3. The van der Waals surface area contributed by atoms with Gasteiger partial charge in [-0.05, 0) is 29.5 Å². The molecular formula is C22H20N4O2S. The number of nitro benzene ring substituents is 1. The molecule has 0 unspecified atom stereocenters. The standard InChI is InChI=1S/C22H20N4O2S/c1-13(2)15-5-7-16(8-6-15)18-11-29-22-20(18)21(23-12-24-22)25-19-10-17(26(27)28)9-4-14(19)3/h4-13H,1-3H3,(H,23,24,25). The van der Waals surface area contributed by atoms with E-state index in [4.69, 9.17) is 0 Å². The van der Waals surface area contributed by atoms with Gasteiger partial charge in [0.25, 0.3) is 5.69 Å². The van der Waals surface area contributed by atoms with E-state index < -0.39 is 4.92 Å². The molecule has 0 spiro atoms. The van der Waals surface area contributed by atoms with Crippen LogP contribution in [0.3, 0.4) is 0 Å². The van der Waals surface area contributed by atoms with E-state index in [9.17, 15) is 10.1 Å². The molecule has 0 aliphatic rings. The fourth-order valence-corrected chi connectivity index (χ4v) is 4.13. The predicted octanol–water partition coefficient (Wildman–Crippen LogP) is 6.44. The average Bonchev–Trinajstić information content (AvgIpc) is 3.14. The second kappa shape index (κ2) is 7.60. The first-order chi connectivity index (χ1) is 13.9. The Morgan fingerprint density at radius 3 is 2.55 bits per heavy atom. The summed E-state index contributed by atoms with van der Waals surface area (Å²) in [5.41, 5.74) is 5.03. The van der Waals surface area contributed by atoms with Crippen LogP contribution in [0.15, 0.2) is 54.2 Å². The normalized spacial score (nSPS) is 11.2. The minimum atomic E-state index is -0.396. The van der Waals surface area contributed by atoms with E-state index >= 15 is 0 Å². The lowest BCUT2D eigenvalue weighted by molar-refractivity contribution is -0.384. The summed E-state index contributed by atoms with van der Waals surface area (Å²) in [6.45, 7) is 6.25. The molecular weight excluding hydrogens is 384 g/mol. The minimum Gasteiger partial charge on any atom is -0.339 e. The summed E-state index contributed by atoms with van der Waals surface area (Å²) in [5, 5.41) is 17.4. The zero-order valence-electron chi connectivity index (χ0n) is 16.3. The number of anilines is 2. The molecule has 0 radical (unpaired) electrons. The highest BCUT2D eigenvalue weighted by molar-refractivity contribution is 7.17. The lowest BCUT2D eigenvalue weighted by Crippen LogP contribution is -1.99. The number of rotatable bonds is 5. The Labute approximate surface area is 172 Å². The maximum absolute atomic E-state index is 11.2. The van der Waals surface area contributed by atoms with Crippen molar-refractivity contribution in [2.75, 3.05) is 5.32 Å². The van der Waals surface area contributed by atoms with Crippen molar-refractivity contribution < 1.29 is 4.92 Å². The zero-order valence-corrected chi connectivity index (χ0v) is 17.2. The van der Waals surface area contributed by atoms with Crippen LogP contribution in [-0.4, -0.2) is 14.9 Å². The van der Waals surface area contributed by atoms with Crippen LogP contribution in [0.25, 0.3) is 21.3 Å². The van der Waals surface area contributed by atoms with Gasteiger partial charge >= 0.3 is 0 Å². The Kier molecular flexibility index (Phi) is 4.98. The van der Waals surface area contributed by atoms with Gasteiger partial charge in [-0.2, -0.15) is 0 Å². The third-order valence-electron chi connectivity index (χ3n) is 4.94. The Hall–Kier alpha value is -3.32. The van der Waals surface area contributed by atoms with Crippen LogP contribution in [0.1, 0.15) is 30.9 Å². The number of hydrogen-bond donors (Lipinski definition) is 1. The highest BCUT2D eigenvalue weighted by Crippen LogP contribution is 2.38. The Balaban J connectivity index is 1.80. The van der Waals surface area contributed by atoms with Gasteiger partial charge in [0.1, 0.15) is 17.0 Å². The first kappa shape index (κ1) is 19.0. The van der Waals surface area contributed by atoms with Crippen LogP contribution in [0.4, 0.5) is 17.2 Å². The number of nitro groups is 1. The fourth-order valence-electron chi connectivity index (χ4n) is 3.22. The number of hydrogen-bond acceptors (Lipinski definition) is 6. The van der Waals surface area contributed by atoms with E-state index in [2.05, 4.69) is 58.8 Å². The first-order valence-electron chi connectivity index (χ1n) is 9.28. The van der Waals surface area contributed by atoms with E-state index in [0.717, 1.165) is 26.9 Å².